The average Bonchev–Trinajstić information content (AvgIpc) is 2.14. The van der Waals surface area contributed by atoms with Crippen molar-refractivity contribution in [1.82, 2.24) is 0 Å². The summed E-state index contributed by atoms with van der Waals surface area (Å²) in [6.07, 6.45) is 3.25. The largest absolute Gasteiger partial charge is 0.550 e. The fourth-order valence-corrected chi connectivity index (χ4v) is 1.16. The lowest BCUT2D eigenvalue weighted by Gasteiger charge is -2.02. The standard InChI is InChI=1S/C11H12O3/c12-6-2-5-9-3-1-4-10(7-9)8-11(13)14/h1-5,7,12H,6,8H2,(H,13,14)/p-1/b5-2+. The summed E-state index contributed by atoms with van der Waals surface area (Å²) in [6.45, 7) is -0.0231. The van der Waals surface area contributed by atoms with Gasteiger partial charge in [0.25, 0.3) is 0 Å². The lowest BCUT2D eigenvalue weighted by Crippen LogP contribution is -2.24. The van der Waals surface area contributed by atoms with Gasteiger partial charge in [-0.05, 0) is 11.1 Å². The maximum absolute atomic E-state index is 10.3. The minimum atomic E-state index is -1.09. The quantitative estimate of drug-likeness (QED) is 0.727. The summed E-state index contributed by atoms with van der Waals surface area (Å²) in [7, 11) is 0. The molecule has 1 aromatic carbocycles. The van der Waals surface area contributed by atoms with E-state index in [4.69, 9.17) is 5.11 Å². The Morgan fingerprint density at radius 2 is 2.29 bits per heavy atom. The summed E-state index contributed by atoms with van der Waals surface area (Å²) < 4.78 is 0. The average molecular weight is 191 g/mol. The maximum Gasteiger partial charge on any atom is 0.0615 e. The molecule has 0 fully saturated rings. The lowest BCUT2D eigenvalue weighted by atomic mass is 10.1. The molecule has 0 bridgehead atoms. The van der Waals surface area contributed by atoms with Gasteiger partial charge in [-0.15, -0.1) is 0 Å². The Balaban J connectivity index is 2.78. The van der Waals surface area contributed by atoms with Crippen LogP contribution in [0.3, 0.4) is 0 Å². The van der Waals surface area contributed by atoms with Crippen LogP contribution < -0.4 is 5.11 Å². The Hall–Kier alpha value is -1.61. The SMILES string of the molecule is O=C([O-])Cc1cccc(/C=C/CO)c1. The van der Waals surface area contributed by atoms with E-state index >= 15 is 0 Å². The van der Waals surface area contributed by atoms with E-state index in [1.54, 1.807) is 30.4 Å². The first-order chi connectivity index (χ1) is 6.72. The van der Waals surface area contributed by atoms with E-state index in [0.29, 0.717) is 5.56 Å². The number of carbonyl (C=O) groups excluding carboxylic acids is 1. The molecule has 0 aliphatic rings. The van der Waals surface area contributed by atoms with E-state index in [-0.39, 0.29) is 13.0 Å². The molecule has 14 heavy (non-hydrogen) atoms. The third-order valence-corrected chi connectivity index (χ3v) is 1.72. The summed E-state index contributed by atoms with van der Waals surface area (Å²) >= 11 is 0. The Morgan fingerprint density at radius 1 is 1.50 bits per heavy atom. The Labute approximate surface area is 82.3 Å². The third-order valence-electron chi connectivity index (χ3n) is 1.72. The molecule has 3 heteroatoms. The van der Waals surface area contributed by atoms with E-state index in [9.17, 15) is 9.90 Å². The van der Waals surface area contributed by atoms with Crippen molar-refractivity contribution >= 4 is 12.0 Å². The molecule has 0 unspecified atom stereocenters. The van der Waals surface area contributed by atoms with Gasteiger partial charge in [-0.1, -0.05) is 36.4 Å². The number of carboxylic acid groups (broad SMARTS) is 1. The predicted molar refractivity (Wildman–Crippen MR) is 51.3 cm³/mol. The first-order valence-electron chi connectivity index (χ1n) is 4.28. The molecule has 0 aliphatic heterocycles. The number of carbonyl (C=O) groups is 1. The molecular formula is C11H11O3-. The van der Waals surface area contributed by atoms with Crippen LogP contribution >= 0.6 is 0 Å². The molecule has 0 radical (unpaired) electrons. The van der Waals surface area contributed by atoms with Gasteiger partial charge in [0.05, 0.1) is 6.61 Å². The van der Waals surface area contributed by atoms with Gasteiger partial charge in [0.1, 0.15) is 0 Å². The molecule has 1 N–H and O–H groups in total. The van der Waals surface area contributed by atoms with Crippen LogP contribution in [0, 0.1) is 0 Å². The Kier molecular flexibility index (Phi) is 3.88. The molecule has 0 aliphatic carbocycles. The van der Waals surface area contributed by atoms with Gasteiger partial charge in [0.15, 0.2) is 0 Å². The smallest absolute Gasteiger partial charge is 0.0615 e. The number of carboxylic acids is 1. The zero-order valence-corrected chi connectivity index (χ0v) is 7.64. The van der Waals surface area contributed by atoms with Gasteiger partial charge in [-0.25, -0.2) is 0 Å². The molecule has 74 valence electrons. The molecular weight excluding hydrogens is 180 g/mol. The van der Waals surface area contributed by atoms with Crippen LogP contribution in [-0.2, 0) is 11.2 Å². The second kappa shape index (κ2) is 5.19. The fourth-order valence-electron chi connectivity index (χ4n) is 1.16. The van der Waals surface area contributed by atoms with Crippen molar-refractivity contribution in [3.8, 4) is 0 Å². The summed E-state index contributed by atoms with van der Waals surface area (Å²) in [5.74, 6) is -1.09. The van der Waals surface area contributed by atoms with Crippen LogP contribution in [0.1, 0.15) is 11.1 Å². The number of aliphatic hydroxyl groups is 1. The van der Waals surface area contributed by atoms with Crippen molar-refractivity contribution in [3.05, 3.63) is 41.5 Å². The van der Waals surface area contributed by atoms with Crippen molar-refractivity contribution in [1.29, 1.82) is 0 Å². The van der Waals surface area contributed by atoms with Gasteiger partial charge >= 0.3 is 0 Å². The normalized spacial score (nSPS) is 10.6. The molecule has 1 aromatic rings. The van der Waals surface area contributed by atoms with Crippen LogP contribution in [0.15, 0.2) is 30.3 Å². The zero-order valence-electron chi connectivity index (χ0n) is 7.64. The summed E-state index contributed by atoms with van der Waals surface area (Å²) in [6, 6.07) is 7.09. The number of hydrogen-bond donors (Lipinski definition) is 1. The highest BCUT2D eigenvalue weighted by atomic mass is 16.4. The number of aliphatic carboxylic acids is 1. The molecule has 0 aromatic heterocycles. The van der Waals surface area contributed by atoms with Gasteiger partial charge < -0.3 is 15.0 Å². The van der Waals surface area contributed by atoms with Gasteiger partial charge in [0.2, 0.25) is 0 Å². The van der Waals surface area contributed by atoms with Crippen molar-refractivity contribution in [3.63, 3.8) is 0 Å². The summed E-state index contributed by atoms with van der Waals surface area (Å²) in [5, 5.41) is 18.9. The number of hydrogen-bond acceptors (Lipinski definition) is 3. The van der Waals surface area contributed by atoms with Crippen LogP contribution in [0.25, 0.3) is 6.08 Å². The predicted octanol–water partition coefficient (Wildman–Crippen LogP) is -0.0155. The molecule has 0 amide bonds. The minimum absolute atomic E-state index is 0.0231. The highest BCUT2D eigenvalue weighted by Crippen LogP contribution is 2.07. The van der Waals surface area contributed by atoms with Gasteiger partial charge in [-0.3, -0.25) is 0 Å². The first-order valence-corrected chi connectivity index (χ1v) is 4.28. The van der Waals surface area contributed by atoms with Crippen LogP contribution in [-0.4, -0.2) is 17.7 Å². The maximum atomic E-state index is 10.3. The molecule has 0 heterocycles. The Bertz CT molecular complexity index is 342. The van der Waals surface area contributed by atoms with Crippen molar-refractivity contribution in [2.75, 3.05) is 6.61 Å². The van der Waals surface area contributed by atoms with Crippen LogP contribution in [0.2, 0.25) is 0 Å². The van der Waals surface area contributed by atoms with E-state index in [1.807, 2.05) is 6.07 Å². The number of aliphatic hydroxyl groups excluding tert-OH is 1. The molecule has 0 saturated carbocycles. The molecule has 0 spiro atoms. The summed E-state index contributed by atoms with van der Waals surface area (Å²) in [4.78, 5) is 10.3. The van der Waals surface area contributed by atoms with Crippen molar-refractivity contribution < 1.29 is 15.0 Å². The van der Waals surface area contributed by atoms with Crippen molar-refractivity contribution in [2.45, 2.75) is 6.42 Å². The van der Waals surface area contributed by atoms with E-state index in [0.717, 1.165) is 5.56 Å². The van der Waals surface area contributed by atoms with E-state index < -0.39 is 5.97 Å². The summed E-state index contributed by atoms with van der Waals surface area (Å²) in [5.41, 5.74) is 1.57. The molecule has 3 nitrogen and oxygen atoms in total. The fraction of sp³-hybridized carbons (Fsp3) is 0.182. The zero-order chi connectivity index (χ0) is 10.4. The third kappa shape index (κ3) is 3.41. The van der Waals surface area contributed by atoms with Gasteiger partial charge in [0, 0.05) is 12.4 Å². The highest BCUT2D eigenvalue weighted by molar-refractivity contribution is 5.68. The first kappa shape index (κ1) is 10.5. The topological polar surface area (TPSA) is 60.4 Å². The second-order valence-corrected chi connectivity index (χ2v) is 2.88. The van der Waals surface area contributed by atoms with Crippen molar-refractivity contribution in [2.24, 2.45) is 0 Å². The number of benzene rings is 1. The van der Waals surface area contributed by atoms with E-state index in [2.05, 4.69) is 0 Å². The highest BCUT2D eigenvalue weighted by Gasteiger charge is 1.93. The monoisotopic (exact) mass is 191 g/mol. The van der Waals surface area contributed by atoms with E-state index in [1.165, 1.54) is 0 Å². The van der Waals surface area contributed by atoms with Gasteiger partial charge in [-0.2, -0.15) is 0 Å². The minimum Gasteiger partial charge on any atom is -0.550 e. The molecule has 0 saturated heterocycles. The van der Waals surface area contributed by atoms with Crippen LogP contribution in [0.4, 0.5) is 0 Å². The lowest BCUT2D eigenvalue weighted by molar-refractivity contribution is -0.304. The second-order valence-electron chi connectivity index (χ2n) is 2.88. The number of rotatable bonds is 4. The molecule has 0 atom stereocenters. The van der Waals surface area contributed by atoms with Crippen LogP contribution in [0.5, 0.6) is 0 Å². The molecule has 1 rings (SSSR count). The Morgan fingerprint density at radius 3 is 2.93 bits per heavy atom.